The van der Waals surface area contributed by atoms with Crippen LogP contribution in [-0.4, -0.2) is 33.2 Å². The van der Waals surface area contributed by atoms with E-state index < -0.39 is 0 Å². The lowest BCUT2D eigenvalue weighted by atomic mass is 9.95. The van der Waals surface area contributed by atoms with Crippen LogP contribution in [0, 0.1) is 20.8 Å². The Labute approximate surface area is 160 Å². The van der Waals surface area contributed by atoms with Crippen molar-refractivity contribution in [1.29, 1.82) is 0 Å². The van der Waals surface area contributed by atoms with Crippen molar-refractivity contribution in [2.45, 2.75) is 60.3 Å². The zero-order valence-corrected chi connectivity index (χ0v) is 17.7. The lowest BCUT2D eigenvalue weighted by molar-refractivity contribution is 0.638. The van der Waals surface area contributed by atoms with E-state index in [2.05, 4.69) is 64.1 Å². The van der Waals surface area contributed by atoms with Crippen LogP contribution < -0.4 is 4.90 Å². The number of aromatic nitrogens is 4. The fourth-order valence-electron chi connectivity index (χ4n) is 3.47. The van der Waals surface area contributed by atoms with Crippen LogP contribution in [0.1, 0.15) is 62.2 Å². The first-order valence-corrected chi connectivity index (χ1v) is 10.3. The monoisotopic (exact) mass is 371 g/mol. The summed E-state index contributed by atoms with van der Waals surface area (Å²) in [7, 11) is 2.08. The Morgan fingerprint density at radius 2 is 1.77 bits per heavy atom. The minimum Gasteiger partial charge on any atom is -0.351 e. The molecule has 0 radical (unpaired) electrons. The van der Waals surface area contributed by atoms with Crippen LogP contribution in [0.15, 0.2) is 6.07 Å². The normalized spacial score (nSPS) is 11.7. The van der Waals surface area contributed by atoms with Gasteiger partial charge in [0.1, 0.15) is 5.69 Å². The average molecular weight is 372 g/mol. The summed E-state index contributed by atoms with van der Waals surface area (Å²) < 4.78 is 2.05. The molecule has 3 heterocycles. The molecule has 0 aliphatic heterocycles. The predicted molar refractivity (Wildman–Crippen MR) is 111 cm³/mol. The van der Waals surface area contributed by atoms with Gasteiger partial charge in [0.15, 0.2) is 10.8 Å². The summed E-state index contributed by atoms with van der Waals surface area (Å²) in [5, 5.41) is 5.86. The molecule has 0 amide bonds. The molecule has 0 bridgehead atoms. The first-order chi connectivity index (χ1) is 12.4. The SMILES string of the molecule is CCC(CC)c1cc(C)nn2c(-c3sc(N(C)CC)nc3C)c(C)nc12. The van der Waals surface area contributed by atoms with Crippen molar-refractivity contribution in [2.24, 2.45) is 0 Å². The molecule has 3 aromatic rings. The van der Waals surface area contributed by atoms with E-state index in [1.807, 2.05) is 0 Å². The molecule has 0 saturated carbocycles. The van der Waals surface area contributed by atoms with Gasteiger partial charge in [0, 0.05) is 19.2 Å². The summed E-state index contributed by atoms with van der Waals surface area (Å²) in [5.74, 6) is 0.512. The summed E-state index contributed by atoms with van der Waals surface area (Å²) in [4.78, 5) is 13.0. The molecule has 5 nitrogen and oxygen atoms in total. The van der Waals surface area contributed by atoms with E-state index in [-0.39, 0.29) is 0 Å². The molecule has 0 unspecified atom stereocenters. The number of hydrogen-bond acceptors (Lipinski definition) is 5. The topological polar surface area (TPSA) is 46.3 Å². The third-order valence-electron chi connectivity index (χ3n) is 5.14. The van der Waals surface area contributed by atoms with Crippen LogP contribution in [0.4, 0.5) is 5.13 Å². The minimum absolute atomic E-state index is 0.512. The van der Waals surface area contributed by atoms with Crippen molar-refractivity contribution in [3.05, 3.63) is 28.7 Å². The number of anilines is 1. The van der Waals surface area contributed by atoms with Crippen molar-refractivity contribution in [1.82, 2.24) is 19.6 Å². The van der Waals surface area contributed by atoms with Gasteiger partial charge in [-0.2, -0.15) is 5.10 Å². The lowest BCUT2D eigenvalue weighted by Gasteiger charge is -2.14. The van der Waals surface area contributed by atoms with Crippen LogP contribution in [0.5, 0.6) is 0 Å². The zero-order chi connectivity index (χ0) is 19.0. The zero-order valence-electron chi connectivity index (χ0n) is 16.9. The van der Waals surface area contributed by atoms with Gasteiger partial charge in [-0.25, -0.2) is 14.5 Å². The smallest absolute Gasteiger partial charge is 0.185 e. The van der Waals surface area contributed by atoms with E-state index in [1.165, 1.54) is 10.4 Å². The molecular formula is C20H29N5S. The van der Waals surface area contributed by atoms with Gasteiger partial charge in [0.2, 0.25) is 0 Å². The van der Waals surface area contributed by atoms with Gasteiger partial charge >= 0.3 is 0 Å². The molecule has 6 heteroatoms. The minimum atomic E-state index is 0.512. The van der Waals surface area contributed by atoms with Crippen molar-refractivity contribution >= 4 is 22.1 Å². The molecule has 0 aromatic carbocycles. The molecule has 0 saturated heterocycles. The predicted octanol–water partition coefficient (Wildman–Crippen LogP) is 5.14. The molecule has 26 heavy (non-hydrogen) atoms. The summed E-state index contributed by atoms with van der Waals surface area (Å²) in [6.07, 6.45) is 2.23. The van der Waals surface area contributed by atoms with Crippen molar-refractivity contribution in [2.75, 3.05) is 18.5 Å². The summed E-state index contributed by atoms with van der Waals surface area (Å²) in [6, 6.07) is 2.21. The third kappa shape index (κ3) is 3.11. The van der Waals surface area contributed by atoms with Gasteiger partial charge in [0.25, 0.3) is 0 Å². The molecular weight excluding hydrogens is 342 g/mol. The summed E-state index contributed by atoms with van der Waals surface area (Å²) >= 11 is 1.72. The van der Waals surface area contributed by atoms with Crippen LogP contribution in [0.2, 0.25) is 0 Å². The Balaban J connectivity index is 2.25. The van der Waals surface area contributed by atoms with E-state index in [1.54, 1.807) is 11.3 Å². The van der Waals surface area contributed by atoms with E-state index in [4.69, 9.17) is 15.1 Å². The van der Waals surface area contributed by atoms with Crippen molar-refractivity contribution in [3.8, 4) is 10.6 Å². The molecule has 3 rings (SSSR count). The van der Waals surface area contributed by atoms with Crippen molar-refractivity contribution in [3.63, 3.8) is 0 Å². The van der Waals surface area contributed by atoms with Gasteiger partial charge in [0.05, 0.1) is 22.0 Å². The lowest BCUT2D eigenvalue weighted by Crippen LogP contribution is -2.15. The van der Waals surface area contributed by atoms with Gasteiger partial charge in [-0.05, 0) is 52.5 Å². The molecule has 0 N–H and O–H groups in total. The Morgan fingerprint density at radius 3 is 2.38 bits per heavy atom. The van der Waals surface area contributed by atoms with Gasteiger partial charge in [-0.1, -0.05) is 25.2 Å². The maximum Gasteiger partial charge on any atom is 0.185 e. The van der Waals surface area contributed by atoms with Crippen LogP contribution in [0.3, 0.4) is 0 Å². The number of hydrogen-bond donors (Lipinski definition) is 0. The number of aryl methyl sites for hydroxylation is 3. The van der Waals surface area contributed by atoms with E-state index in [0.717, 1.165) is 52.9 Å². The first-order valence-electron chi connectivity index (χ1n) is 9.46. The fraction of sp³-hybridized carbons (Fsp3) is 0.550. The molecule has 0 aliphatic carbocycles. The molecule has 140 valence electrons. The highest BCUT2D eigenvalue weighted by Gasteiger charge is 2.22. The molecule has 0 atom stereocenters. The van der Waals surface area contributed by atoms with Crippen LogP contribution in [0.25, 0.3) is 16.2 Å². The molecule has 0 spiro atoms. The second kappa shape index (κ2) is 7.35. The van der Waals surface area contributed by atoms with Crippen molar-refractivity contribution < 1.29 is 0 Å². The average Bonchev–Trinajstić information content (AvgIpc) is 3.14. The highest BCUT2D eigenvalue weighted by atomic mass is 32.1. The Bertz CT molecular complexity index is 920. The van der Waals surface area contributed by atoms with Gasteiger partial charge in [-0.15, -0.1) is 0 Å². The Kier molecular flexibility index (Phi) is 5.32. The number of fused-ring (bicyclic) bond motifs is 1. The van der Waals surface area contributed by atoms with E-state index in [9.17, 15) is 0 Å². The number of nitrogens with zero attached hydrogens (tertiary/aromatic N) is 5. The van der Waals surface area contributed by atoms with Gasteiger partial charge < -0.3 is 4.90 Å². The quantitative estimate of drug-likeness (QED) is 0.602. The maximum absolute atomic E-state index is 4.93. The Hall–Kier alpha value is -1.95. The summed E-state index contributed by atoms with van der Waals surface area (Å²) in [5.41, 5.74) is 6.49. The van der Waals surface area contributed by atoms with Gasteiger partial charge in [-0.3, -0.25) is 0 Å². The Morgan fingerprint density at radius 1 is 1.08 bits per heavy atom. The second-order valence-electron chi connectivity index (χ2n) is 6.96. The largest absolute Gasteiger partial charge is 0.351 e. The van der Waals surface area contributed by atoms with E-state index in [0.29, 0.717) is 5.92 Å². The van der Waals surface area contributed by atoms with Crippen LogP contribution in [-0.2, 0) is 0 Å². The highest BCUT2D eigenvalue weighted by molar-refractivity contribution is 7.19. The maximum atomic E-state index is 4.93. The molecule has 0 aliphatic rings. The summed E-state index contributed by atoms with van der Waals surface area (Å²) in [6.45, 7) is 13.8. The second-order valence-corrected chi connectivity index (χ2v) is 7.94. The van der Waals surface area contributed by atoms with Crippen LogP contribution >= 0.6 is 11.3 Å². The standard InChI is InChI=1S/C20H29N5S/c1-8-15(9-2)16-11-12(4)23-25-17(13(5)21-19(16)25)18-14(6)22-20(26-18)24(7)10-3/h11,15H,8-10H2,1-7H3. The first kappa shape index (κ1) is 18.8. The molecule has 3 aromatic heterocycles. The molecule has 0 fully saturated rings. The number of imidazole rings is 1. The third-order valence-corrected chi connectivity index (χ3v) is 6.41. The highest BCUT2D eigenvalue weighted by Crippen LogP contribution is 2.37. The number of rotatable bonds is 6. The number of thiazole rings is 1. The van der Waals surface area contributed by atoms with E-state index >= 15 is 0 Å². The fourth-order valence-corrected chi connectivity index (χ4v) is 4.64.